The highest BCUT2D eigenvalue weighted by Gasteiger charge is 2.12. The molecule has 0 bridgehead atoms. The molecule has 0 atom stereocenters. The van der Waals surface area contributed by atoms with Crippen molar-refractivity contribution in [2.45, 2.75) is 0 Å². The summed E-state index contributed by atoms with van der Waals surface area (Å²) in [5, 5.41) is 0.607. The number of oxazole rings is 1. The van der Waals surface area contributed by atoms with Gasteiger partial charge in [-0.1, -0.05) is 35.9 Å². The van der Waals surface area contributed by atoms with Gasteiger partial charge in [-0.2, -0.15) is 0 Å². The second-order valence-electron chi connectivity index (χ2n) is 5.82. The van der Waals surface area contributed by atoms with E-state index < -0.39 is 0 Å². The van der Waals surface area contributed by atoms with Crippen molar-refractivity contribution in [1.29, 1.82) is 0 Å². The molecule has 0 radical (unpaired) electrons. The molecule has 3 aromatic carbocycles. The molecule has 0 fully saturated rings. The Kier molecular flexibility index (Phi) is 3.11. The molecule has 120 valence electrons. The smallest absolute Gasteiger partial charge is 0.227 e. The van der Waals surface area contributed by atoms with Gasteiger partial charge >= 0.3 is 0 Å². The Morgan fingerprint density at radius 1 is 0.800 bits per heavy atom. The quantitative estimate of drug-likeness (QED) is 0.447. The van der Waals surface area contributed by atoms with Crippen LogP contribution in [0, 0.1) is 0 Å². The second-order valence-corrected chi connectivity index (χ2v) is 6.25. The number of rotatable bonds is 2. The van der Waals surface area contributed by atoms with Gasteiger partial charge in [0.05, 0.1) is 11.0 Å². The average Bonchev–Trinajstić information content (AvgIpc) is 3.25. The Balaban J connectivity index is 1.66. The van der Waals surface area contributed by atoms with Crippen molar-refractivity contribution in [1.82, 2.24) is 15.0 Å². The summed E-state index contributed by atoms with van der Waals surface area (Å²) in [6.07, 6.45) is 0. The van der Waals surface area contributed by atoms with Gasteiger partial charge in [0.2, 0.25) is 5.89 Å². The molecule has 2 heterocycles. The lowest BCUT2D eigenvalue weighted by Gasteiger charge is -2.02. The Hall–Kier alpha value is -3.11. The van der Waals surface area contributed by atoms with Gasteiger partial charge in [0.1, 0.15) is 11.3 Å². The number of hydrogen-bond acceptors (Lipinski definition) is 3. The maximum Gasteiger partial charge on any atom is 0.227 e. The van der Waals surface area contributed by atoms with Gasteiger partial charge in [0, 0.05) is 16.1 Å². The number of H-pyrrole nitrogens is 1. The van der Waals surface area contributed by atoms with Gasteiger partial charge in [-0.15, -0.1) is 0 Å². The van der Waals surface area contributed by atoms with E-state index in [1.807, 2.05) is 66.7 Å². The summed E-state index contributed by atoms with van der Waals surface area (Å²) < 4.78 is 5.86. The first-order valence-electron chi connectivity index (χ1n) is 7.88. The molecule has 0 unspecified atom stereocenters. The minimum absolute atomic E-state index is 0.543. The van der Waals surface area contributed by atoms with Crippen LogP contribution in [0.5, 0.6) is 0 Å². The zero-order valence-electron chi connectivity index (χ0n) is 13.0. The normalized spacial score (nSPS) is 11.4. The molecular weight excluding hydrogens is 334 g/mol. The van der Waals surface area contributed by atoms with Crippen molar-refractivity contribution >= 4 is 33.7 Å². The molecule has 4 nitrogen and oxygen atoms in total. The number of aromatic nitrogens is 3. The third kappa shape index (κ3) is 2.47. The van der Waals surface area contributed by atoms with E-state index in [9.17, 15) is 0 Å². The minimum atomic E-state index is 0.543. The van der Waals surface area contributed by atoms with Crippen molar-refractivity contribution in [3.63, 3.8) is 0 Å². The zero-order chi connectivity index (χ0) is 16.8. The molecule has 0 spiro atoms. The maximum absolute atomic E-state index is 6.34. The highest BCUT2D eigenvalue weighted by Crippen LogP contribution is 2.31. The number of nitrogens with zero attached hydrogens (tertiary/aromatic N) is 2. The summed E-state index contributed by atoms with van der Waals surface area (Å²) in [5.74, 6) is 1.31. The first kappa shape index (κ1) is 14.3. The molecule has 0 saturated carbocycles. The number of benzene rings is 3. The van der Waals surface area contributed by atoms with Crippen LogP contribution >= 0.6 is 11.6 Å². The van der Waals surface area contributed by atoms with E-state index in [2.05, 4.69) is 15.0 Å². The van der Waals surface area contributed by atoms with Crippen LogP contribution in [0.15, 0.2) is 71.1 Å². The number of nitrogens with one attached hydrogen (secondary N) is 1. The Morgan fingerprint density at radius 3 is 2.40 bits per heavy atom. The third-order valence-corrected chi connectivity index (χ3v) is 4.32. The van der Waals surface area contributed by atoms with Gasteiger partial charge in [-0.05, 0) is 42.5 Å². The van der Waals surface area contributed by atoms with Crippen molar-refractivity contribution in [3.8, 4) is 22.8 Å². The summed E-state index contributed by atoms with van der Waals surface area (Å²) in [4.78, 5) is 12.5. The molecule has 0 aliphatic carbocycles. The van der Waals surface area contributed by atoms with E-state index in [1.165, 1.54) is 0 Å². The summed E-state index contributed by atoms with van der Waals surface area (Å²) >= 11 is 6.34. The van der Waals surface area contributed by atoms with Crippen LogP contribution in [0.3, 0.4) is 0 Å². The summed E-state index contributed by atoms with van der Waals surface area (Å²) in [5.41, 5.74) is 5.19. The number of aromatic amines is 1. The lowest BCUT2D eigenvalue weighted by atomic mass is 10.1. The first-order valence-corrected chi connectivity index (χ1v) is 8.26. The van der Waals surface area contributed by atoms with E-state index >= 15 is 0 Å². The monoisotopic (exact) mass is 345 g/mol. The van der Waals surface area contributed by atoms with Crippen LogP contribution in [-0.2, 0) is 0 Å². The van der Waals surface area contributed by atoms with Gasteiger partial charge in [-0.25, -0.2) is 9.97 Å². The van der Waals surface area contributed by atoms with Crippen molar-refractivity contribution in [3.05, 3.63) is 71.8 Å². The van der Waals surface area contributed by atoms with E-state index in [0.29, 0.717) is 10.9 Å². The number of halogens is 1. The molecule has 5 heteroatoms. The molecule has 5 rings (SSSR count). The van der Waals surface area contributed by atoms with Gasteiger partial charge in [0.25, 0.3) is 0 Å². The van der Waals surface area contributed by atoms with Crippen LogP contribution in [-0.4, -0.2) is 15.0 Å². The largest absolute Gasteiger partial charge is 0.436 e. The third-order valence-electron chi connectivity index (χ3n) is 4.10. The summed E-state index contributed by atoms with van der Waals surface area (Å²) in [7, 11) is 0. The van der Waals surface area contributed by atoms with Gasteiger partial charge < -0.3 is 9.40 Å². The standard InChI is InChI=1S/C20H12ClN3O/c21-14-10-12(19-22-15-5-1-2-6-16(15)23-19)9-13(11-14)20-24-17-7-3-4-8-18(17)25-20/h1-11H,(H,22,23). The average molecular weight is 346 g/mol. The maximum atomic E-state index is 6.34. The molecule has 1 N–H and O–H groups in total. The van der Waals surface area contributed by atoms with E-state index in [4.69, 9.17) is 16.0 Å². The molecule has 0 saturated heterocycles. The Morgan fingerprint density at radius 2 is 1.56 bits per heavy atom. The lowest BCUT2D eigenvalue weighted by Crippen LogP contribution is -1.84. The van der Waals surface area contributed by atoms with Crippen LogP contribution < -0.4 is 0 Å². The Labute approximate surface area is 148 Å². The Bertz CT molecular complexity index is 1060. The molecule has 0 aliphatic rings. The van der Waals surface area contributed by atoms with E-state index in [1.54, 1.807) is 0 Å². The van der Waals surface area contributed by atoms with Crippen LogP contribution in [0.2, 0.25) is 5.02 Å². The summed E-state index contributed by atoms with van der Waals surface area (Å²) in [6.45, 7) is 0. The molecule has 0 amide bonds. The van der Waals surface area contributed by atoms with Crippen molar-refractivity contribution < 1.29 is 4.42 Å². The zero-order valence-corrected chi connectivity index (χ0v) is 13.8. The molecule has 25 heavy (non-hydrogen) atoms. The fourth-order valence-electron chi connectivity index (χ4n) is 2.94. The fraction of sp³-hybridized carbons (Fsp3) is 0. The van der Waals surface area contributed by atoms with Crippen LogP contribution in [0.25, 0.3) is 45.0 Å². The lowest BCUT2D eigenvalue weighted by molar-refractivity contribution is 0.620. The second kappa shape index (κ2) is 5.46. The van der Waals surface area contributed by atoms with Crippen LogP contribution in [0.1, 0.15) is 0 Å². The minimum Gasteiger partial charge on any atom is -0.436 e. The molecular formula is C20H12ClN3O. The van der Waals surface area contributed by atoms with Crippen molar-refractivity contribution in [2.75, 3.05) is 0 Å². The first-order chi connectivity index (χ1) is 12.3. The molecule has 2 aromatic heterocycles. The van der Waals surface area contributed by atoms with Crippen LogP contribution in [0.4, 0.5) is 0 Å². The molecule has 5 aromatic rings. The highest BCUT2D eigenvalue weighted by atomic mass is 35.5. The highest BCUT2D eigenvalue weighted by molar-refractivity contribution is 6.31. The number of para-hydroxylation sites is 4. The topological polar surface area (TPSA) is 54.7 Å². The predicted molar refractivity (Wildman–Crippen MR) is 99.5 cm³/mol. The fourth-order valence-corrected chi connectivity index (χ4v) is 3.17. The van der Waals surface area contributed by atoms with Gasteiger partial charge in [0.15, 0.2) is 5.58 Å². The molecule has 0 aliphatic heterocycles. The number of fused-ring (bicyclic) bond motifs is 2. The number of imidazole rings is 1. The predicted octanol–water partition coefficient (Wildman–Crippen LogP) is 5.69. The van der Waals surface area contributed by atoms with E-state index in [-0.39, 0.29) is 0 Å². The number of hydrogen-bond donors (Lipinski definition) is 1. The SMILES string of the molecule is Clc1cc(-c2nc3ccccc3[nH]2)cc(-c2nc3ccccc3o2)c1. The summed E-state index contributed by atoms with van der Waals surface area (Å²) in [6, 6.07) is 21.3. The van der Waals surface area contributed by atoms with Gasteiger partial charge in [-0.3, -0.25) is 0 Å². The van der Waals surface area contributed by atoms with E-state index in [0.717, 1.165) is 39.1 Å². The van der Waals surface area contributed by atoms with Crippen molar-refractivity contribution in [2.24, 2.45) is 0 Å².